The zero-order valence-electron chi connectivity index (χ0n) is 15.4. The summed E-state index contributed by atoms with van der Waals surface area (Å²) in [5.74, 6) is -1.48. The first-order chi connectivity index (χ1) is 12.3. The molecule has 1 aliphatic heterocycles. The quantitative estimate of drug-likeness (QED) is 0.736. The Morgan fingerprint density at radius 2 is 1.96 bits per heavy atom. The Bertz CT molecular complexity index is 656. The fraction of sp³-hybridized carbons (Fsp3) is 0.526. The van der Waals surface area contributed by atoms with Crippen LogP contribution in [-0.2, 0) is 14.4 Å². The van der Waals surface area contributed by atoms with Crippen molar-refractivity contribution in [3.8, 4) is 5.75 Å². The van der Waals surface area contributed by atoms with Crippen molar-refractivity contribution in [3.05, 3.63) is 24.3 Å². The van der Waals surface area contributed by atoms with E-state index < -0.39 is 17.8 Å². The van der Waals surface area contributed by atoms with Crippen LogP contribution in [0.4, 0.5) is 5.69 Å². The van der Waals surface area contributed by atoms with Gasteiger partial charge in [-0.1, -0.05) is 13.8 Å². The molecule has 2 amide bonds. The SMILES string of the molecule is COc1ccc(N2CC(C(=O)NCC(CC(C)C)C(=O)O)CC2=O)cc1. The third-order valence-corrected chi connectivity index (χ3v) is 4.51. The number of carboxylic acid groups (broad SMARTS) is 1. The molecule has 1 heterocycles. The maximum Gasteiger partial charge on any atom is 0.308 e. The highest BCUT2D eigenvalue weighted by atomic mass is 16.5. The van der Waals surface area contributed by atoms with Gasteiger partial charge in [0.1, 0.15) is 5.75 Å². The summed E-state index contributed by atoms with van der Waals surface area (Å²) in [7, 11) is 1.57. The molecule has 2 atom stereocenters. The minimum atomic E-state index is -0.915. The lowest BCUT2D eigenvalue weighted by molar-refractivity contribution is -0.142. The van der Waals surface area contributed by atoms with Crippen LogP contribution < -0.4 is 15.0 Å². The zero-order valence-corrected chi connectivity index (χ0v) is 15.4. The van der Waals surface area contributed by atoms with Gasteiger partial charge in [-0.2, -0.15) is 0 Å². The average Bonchev–Trinajstić information content (AvgIpc) is 2.99. The Balaban J connectivity index is 1.94. The highest BCUT2D eigenvalue weighted by molar-refractivity contribution is 6.00. The number of anilines is 1. The van der Waals surface area contributed by atoms with Crippen molar-refractivity contribution in [3.63, 3.8) is 0 Å². The summed E-state index contributed by atoms with van der Waals surface area (Å²) in [6.07, 6.45) is 0.622. The molecule has 1 fully saturated rings. The largest absolute Gasteiger partial charge is 0.497 e. The van der Waals surface area contributed by atoms with Crippen LogP contribution in [0.15, 0.2) is 24.3 Å². The number of hydrogen-bond acceptors (Lipinski definition) is 4. The number of benzene rings is 1. The first-order valence-corrected chi connectivity index (χ1v) is 8.76. The molecule has 0 radical (unpaired) electrons. The predicted molar refractivity (Wildman–Crippen MR) is 97.0 cm³/mol. The molecule has 26 heavy (non-hydrogen) atoms. The van der Waals surface area contributed by atoms with E-state index >= 15 is 0 Å². The van der Waals surface area contributed by atoms with Gasteiger partial charge in [0.05, 0.1) is 18.9 Å². The molecule has 0 aromatic heterocycles. The predicted octanol–water partition coefficient (Wildman–Crippen LogP) is 1.91. The van der Waals surface area contributed by atoms with E-state index in [1.165, 1.54) is 0 Å². The van der Waals surface area contributed by atoms with Crippen molar-refractivity contribution >= 4 is 23.5 Å². The lowest BCUT2D eigenvalue weighted by Crippen LogP contribution is -2.38. The van der Waals surface area contributed by atoms with Gasteiger partial charge in [0.2, 0.25) is 11.8 Å². The summed E-state index contributed by atoms with van der Waals surface area (Å²) in [6.45, 7) is 4.26. The van der Waals surface area contributed by atoms with E-state index in [-0.39, 0.29) is 30.7 Å². The summed E-state index contributed by atoms with van der Waals surface area (Å²) >= 11 is 0. The van der Waals surface area contributed by atoms with Gasteiger partial charge in [0, 0.05) is 25.2 Å². The number of ether oxygens (including phenoxy) is 1. The highest BCUT2D eigenvalue weighted by Gasteiger charge is 2.35. The van der Waals surface area contributed by atoms with Gasteiger partial charge >= 0.3 is 5.97 Å². The molecule has 142 valence electrons. The van der Waals surface area contributed by atoms with Crippen LogP contribution in [0.2, 0.25) is 0 Å². The van der Waals surface area contributed by atoms with Crippen molar-refractivity contribution in [2.24, 2.45) is 17.8 Å². The molecule has 1 aromatic carbocycles. The van der Waals surface area contributed by atoms with Crippen molar-refractivity contribution < 1.29 is 24.2 Å². The molecule has 0 saturated carbocycles. The number of amides is 2. The number of carbonyl (C=O) groups excluding carboxylic acids is 2. The summed E-state index contributed by atoms with van der Waals surface area (Å²) in [4.78, 5) is 37.5. The summed E-state index contributed by atoms with van der Waals surface area (Å²) in [5, 5.41) is 12.0. The van der Waals surface area contributed by atoms with Crippen LogP contribution in [0.1, 0.15) is 26.7 Å². The van der Waals surface area contributed by atoms with E-state index in [0.29, 0.717) is 24.4 Å². The molecule has 7 heteroatoms. The smallest absolute Gasteiger partial charge is 0.308 e. The Labute approximate surface area is 153 Å². The van der Waals surface area contributed by atoms with E-state index in [0.717, 1.165) is 0 Å². The van der Waals surface area contributed by atoms with E-state index in [4.69, 9.17) is 4.74 Å². The van der Waals surface area contributed by atoms with Gasteiger partial charge < -0.3 is 20.1 Å². The first-order valence-electron chi connectivity index (χ1n) is 8.76. The first kappa shape index (κ1) is 19.8. The van der Waals surface area contributed by atoms with Crippen LogP contribution in [0.25, 0.3) is 0 Å². The Morgan fingerprint density at radius 3 is 2.50 bits per heavy atom. The molecule has 0 spiro atoms. The van der Waals surface area contributed by atoms with Gasteiger partial charge in [-0.25, -0.2) is 0 Å². The minimum Gasteiger partial charge on any atom is -0.497 e. The highest BCUT2D eigenvalue weighted by Crippen LogP contribution is 2.27. The maximum absolute atomic E-state index is 12.4. The third kappa shape index (κ3) is 4.97. The van der Waals surface area contributed by atoms with Gasteiger partial charge in [-0.15, -0.1) is 0 Å². The van der Waals surface area contributed by atoms with Crippen LogP contribution in [0.3, 0.4) is 0 Å². The molecular weight excluding hydrogens is 336 g/mol. The van der Waals surface area contributed by atoms with E-state index in [1.54, 1.807) is 36.3 Å². The zero-order chi connectivity index (χ0) is 19.3. The number of carboxylic acids is 1. The molecule has 2 unspecified atom stereocenters. The molecule has 7 nitrogen and oxygen atoms in total. The van der Waals surface area contributed by atoms with Crippen LogP contribution in [-0.4, -0.2) is 43.1 Å². The number of hydrogen-bond donors (Lipinski definition) is 2. The molecule has 2 N–H and O–H groups in total. The van der Waals surface area contributed by atoms with E-state index in [9.17, 15) is 19.5 Å². The lowest BCUT2D eigenvalue weighted by atomic mass is 9.97. The topological polar surface area (TPSA) is 95.9 Å². The monoisotopic (exact) mass is 362 g/mol. The summed E-state index contributed by atoms with van der Waals surface area (Å²) < 4.78 is 5.10. The molecular formula is C19H26N2O5. The Kier molecular flexibility index (Phi) is 6.60. The normalized spacial score (nSPS) is 18.1. The molecule has 1 saturated heterocycles. The number of rotatable bonds is 8. The second-order valence-corrected chi connectivity index (χ2v) is 7.01. The van der Waals surface area contributed by atoms with Gasteiger partial charge in [-0.3, -0.25) is 14.4 Å². The van der Waals surface area contributed by atoms with E-state index in [2.05, 4.69) is 5.32 Å². The molecule has 0 bridgehead atoms. The number of carbonyl (C=O) groups is 3. The number of methoxy groups -OCH3 is 1. The van der Waals surface area contributed by atoms with Gasteiger partial charge in [-0.05, 0) is 36.6 Å². The standard InChI is InChI=1S/C19H26N2O5/c1-12(2)8-13(19(24)25)10-20-18(23)14-9-17(22)21(11-14)15-4-6-16(26-3)7-5-15/h4-7,12-14H,8-11H2,1-3H3,(H,20,23)(H,24,25). The summed E-state index contributed by atoms with van der Waals surface area (Å²) in [6, 6.07) is 7.08. The second kappa shape index (κ2) is 8.69. The maximum atomic E-state index is 12.4. The van der Waals surface area contributed by atoms with E-state index in [1.807, 2.05) is 13.8 Å². The molecule has 2 rings (SSSR count). The van der Waals surface area contributed by atoms with Gasteiger partial charge in [0.25, 0.3) is 0 Å². The fourth-order valence-corrected chi connectivity index (χ4v) is 3.10. The van der Waals surface area contributed by atoms with Crippen LogP contribution in [0.5, 0.6) is 5.75 Å². The lowest BCUT2D eigenvalue weighted by Gasteiger charge is -2.18. The molecule has 1 aromatic rings. The molecule has 0 aliphatic carbocycles. The number of nitrogens with one attached hydrogen (secondary N) is 1. The van der Waals surface area contributed by atoms with Crippen molar-refractivity contribution in [1.82, 2.24) is 5.32 Å². The second-order valence-electron chi connectivity index (χ2n) is 7.01. The fourth-order valence-electron chi connectivity index (χ4n) is 3.10. The number of aliphatic carboxylic acids is 1. The third-order valence-electron chi connectivity index (χ3n) is 4.51. The Hall–Kier alpha value is -2.57. The van der Waals surface area contributed by atoms with Crippen LogP contribution in [0, 0.1) is 17.8 Å². The van der Waals surface area contributed by atoms with Crippen molar-refractivity contribution in [2.45, 2.75) is 26.7 Å². The number of nitrogens with zero attached hydrogens (tertiary/aromatic N) is 1. The van der Waals surface area contributed by atoms with Crippen molar-refractivity contribution in [2.75, 3.05) is 25.1 Å². The summed E-state index contributed by atoms with van der Waals surface area (Å²) in [5.41, 5.74) is 0.717. The molecule has 1 aliphatic rings. The van der Waals surface area contributed by atoms with Crippen molar-refractivity contribution in [1.29, 1.82) is 0 Å². The Morgan fingerprint density at radius 1 is 1.31 bits per heavy atom. The van der Waals surface area contributed by atoms with Crippen LogP contribution >= 0.6 is 0 Å². The minimum absolute atomic E-state index is 0.0829. The average molecular weight is 362 g/mol. The van der Waals surface area contributed by atoms with Gasteiger partial charge in [0.15, 0.2) is 0 Å².